The Hall–Kier alpha value is -1.90. The fraction of sp³-hybridized carbons (Fsp3) is 0.471. The summed E-state index contributed by atoms with van der Waals surface area (Å²) >= 11 is 1.18. The highest BCUT2D eigenvalue weighted by atomic mass is 32.1. The number of piperidine rings is 1. The minimum atomic E-state index is -0.515. The van der Waals surface area contributed by atoms with E-state index < -0.39 is 11.5 Å². The molecule has 1 N–H and O–H groups in total. The van der Waals surface area contributed by atoms with Gasteiger partial charge in [-0.2, -0.15) is 9.37 Å². The van der Waals surface area contributed by atoms with Gasteiger partial charge in [0.25, 0.3) is 0 Å². The lowest BCUT2D eigenvalue weighted by atomic mass is 9.88. The molecule has 6 nitrogen and oxygen atoms in total. The standard InChI is InChI=1S/C17H19FN4O2S/c1-11(23)20-16-21-15(18)13(25-16)8-22-7-3-5-17(10-22)14-12(9-24-17)4-2-6-19-14/h2,4,6H,3,5,7-10H2,1H3,(H,20,21,23). The summed E-state index contributed by atoms with van der Waals surface area (Å²) in [5.74, 6) is -0.765. The molecule has 1 amide bonds. The van der Waals surface area contributed by atoms with Crippen LogP contribution in [-0.4, -0.2) is 33.9 Å². The molecule has 25 heavy (non-hydrogen) atoms. The number of ether oxygens (including phenoxy) is 1. The normalized spacial score (nSPS) is 23.0. The van der Waals surface area contributed by atoms with E-state index in [9.17, 15) is 9.18 Å². The van der Waals surface area contributed by atoms with E-state index in [0.717, 1.165) is 30.6 Å². The summed E-state index contributed by atoms with van der Waals surface area (Å²) in [7, 11) is 0. The predicted octanol–water partition coefficient (Wildman–Crippen LogP) is 2.66. The fourth-order valence-electron chi connectivity index (χ4n) is 3.64. The van der Waals surface area contributed by atoms with E-state index in [1.165, 1.54) is 18.3 Å². The topological polar surface area (TPSA) is 67.4 Å². The number of fused-ring (bicyclic) bond motifs is 2. The quantitative estimate of drug-likeness (QED) is 0.909. The Bertz CT molecular complexity index is 808. The van der Waals surface area contributed by atoms with Crippen LogP contribution in [0.3, 0.4) is 0 Å². The molecule has 1 spiro atoms. The fourth-order valence-corrected chi connectivity index (χ4v) is 4.57. The smallest absolute Gasteiger partial charge is 0.230 e. The maximum Gasteiger partial charge on any atom is 0.230 e. The molecule has 132 valence electrons. The van der Waals surface area contributed by atoms with Crippen LogP contribution < -0.4 is 5.32 Å². The van der Waals surface area contributed by atoms with Crippen LogP contribution in [0.25, 0.3) is 0 Å². The van der Waals surface area contributed by atoms with Crippen molar-refractivity contribution in [2.75, 3.05) is 18.4 Å². The minimum Gasteiger partial charge on any atom is -0.363 e. The highest BCUT2D eigenvalue weighted by Crippen LogP contribution is 2.42. The van der Waals surface area contributed by atoms with Gasteiger partial charge in [-0.25, -0.2) is 0 Å². The molecule has 2 aromatic rings. The highest BCUT2D eigenvalue weighted by molar-refractivity contribution is 7.15. The lowest BCUT2D eigenvalue weighted by Gasteiger charge is -2.39. The van der Waals surface area contributed by atoms with E-state index in [0.29, 0.717) is 29.7 Å². The second kappa shape index (κ2) is 6.44. The Morgan fingerprint density at radius 3 is 3.28 bits per heavy atom. The van der Waals surface area contributed by atoms with Gasteiger partial charge in [-0.1, -0.05) is 17.4 Å². The second-order valence-electron chi connectivity index (χ2n) is 6.52. The molecule has 0 radical (unpaired) electrons. The highest BCUT2D eigenvalue weighted by Gasteiger charge is 2.44. The SMILES string of the molecule is CC(=O)Nc1nc(F)c(CN2CCCC3(C2)OCc2cccnc23)s1. The lowest BCUT2D eigenvalue weighted by molar-refractivity contribution is -0.114. The monoisotopic (exact) mass is 362 g/mol. The summed E-state index contributed by atoms with van der Waals surface area (Å²) in [6.07, 6.45) is 3.70. The zero-order valence-electron chi connectivity index (χ0n) is 13.9. The van der Waals surface area contributed by atoms with Crippen molar-refractivity contribution >= 4 is 22.4 Å². The largest absolute Gasteiger partial charge is 0.363 e. The van der Waals surface area contributed by atoms with Crippen molar-refractivity contribution in [3.05, 3.63) is 40.4 Å². The molecule has 2 aliphatic rings. The zero-order chi connectivity index (χ0) is 17.4. The molecule has 8 heteroatoms. The van der Waals surface area contributed by atoms with Crippen LogP contribution in [0, 0.1) is 5.95 Å². The van der Waals surface area contributed by atoms with Crippen molar-refractivity contribution < 1.29 is 13.9 Å². The van der Waals surface area contributed by atoms with Crippen molar-refractivity contribution in [2.45, 2.75) is 38.5 Å². The first kappa shape index (κ1) is 16.6. The third-order valence-corrected chi connectivity index (χ3v) is 5.59. The van der Waals surface area contributed by atoms with Gasteiger partial charge in [-0.3, -0.25) is 14.7 Å². The number of halogens is 1. The summed E-state index contributed by atoms with van der Waals surface area (Å²) in [6, 6.07) is 3.98. The van der Waals surface area contributed by atoms with E-state index >= 15 is 0 Å². The number of carbonyl (C=O) groups excluding carboxylic acids is 1. The van der Waals surface area contributed by atoms with Gasteiger partial charge < -0.3 is 10.1 Å². The van der Waals surface area contributed by atoms with Gasteiger partial charge in [0, 0.05) is 31.8 Å². The molecule has 0 bridgehead atoms. The molecule has 1 saturated heterocycles. The van der Waals surface area contributed by atoms with Crippen LogP contribution >= 0.6 is 11.3 Å². The third-order valence-electron chi connectivity index (χ3n) is 4.66. The molecular weight excluding hydrogens is 343 g/mol. The van der Waals surface area contributed by atoms with Crippen molar-refractivity contribution in [2.24, 2.45) is 0 Å². The van der Waals surface area contributed by atoms with Crippen molar-refractivity contribution in [3.63, 3.8) is 0 Å². The van der Waals surface area contributed by atoms with Gasteiger partial charge in [0.2, 0.25) is 11.9 Å². The second-order valence-corrected chi connectivity index (χ2v) is 7.61. The summed E-state index contributed by atoms with van der Waals surface area (Å²) in [5.41, 5.74) is 1.76. The Balaban J connectivity index is 1.51. The number of carbonyl (C=O) groups is 1. The Morgan fingerprint density at radius 1 is 1.56 bits per heavy atom. The molecule has 2 aliphatic heterocycles. The number of hydrogen-bond donors (Lipinski definition) is 1. The van der Waals surface area contributed by atoms with Gasteiger partial charge in [0.15, 0.2) is 5.13 Å². The van der Waals surface area contributed by atoms with Crippen LogP contribution in [0.5, 0.6) is 0 Å². The van der Waals surface area contributed by atoms with Crippen molar-refractivity contribution in [1.29, 1.82) is 0 Å². The van der Waals surface area contributed by atoms with E-state index in [1.54, 1.807) is 6.20 Å². The summed E-state index contributed by atoms with van der Waals surface area (Å²) in [5, 5.41) is 2.84. The molecule has 1 fully saturated rings. The Morgan fingerprint density at radius 2 is 2.44 bits per heavy atom. The van der Waals surface area contributed by atoms with Crippen molar-refractivity contribution in [1.82, 2.24) is 14.9 Å². The number of likely N-dealkylation sites (tertiary alicyclic amines) is 1. The van der Waals surface area contributed by atoms with E-state index in [-0.39, 0.29) is 5.91 Å². The van der Waals surface area contributed by atoms with Crippen molar-refractivity contribution in [3.8, 4) is 0 Å². The van der Waals surface area contributed by atoms with Crippen LogP contribution in [-0.2, 0) is 28.3 Å². The number of anilines is 1. The Labute approximate surface area is 149 Å². The number of rotatable bonds is 3. The average Bonchev–Trinajstić information content (AvgIpc) is 3.09. The maximum absolute atomic E-state index is 14.1. The van der Waals surface area contributed by atoms with Crippen LogP contribution in [0.15, 0.2) is 18.3 Å². The zero-order valence-corrected chi connectivity index (χ0v) is 14.7. The molecule has 4 heterocycles. The maximum atomic E-state index is 14.1. The predicted molar refractivity (Wildman–Crippen MR) is 91.6 cm³/mol. The first-order valence-electron chi connectivity index (χ1n) is 8.29. The molecule has 2 aromatic heterocycles. The number of nitrogens with one attached hydrogen (secondary N) is 1. The van der Waals surface area contributed by atoms with Gasteiger partial charge in [0.1, 0.15) is 5.60 Å². The average molecular weight is 362 g/mol. The number of amides is 1. The summed E-state index contributed by atoms with van der Waals surface area (Å²) in [6.45, 7) is 3.98. The number of nitrogens with zero attached hydrogens (tertiary/aromatic N) is 3. The van der Waals surface area contributed by atoms with Crippen LogP contribution in [0.1, 0.15) is 35.9 Å². The lowest BCUT2D eigenvalue weighted by Crippen LogP contribution is -2.45. The van der Waals surface area contributed by atoms with Crippen LogP contribution in [0.2, 0.25) is 0 Å². The first-order chi connectivity index (χ1) is 12.1. The molecule has 0 aromatic carbocycles. The van der Waals surface area contributed by atoms with Gasteiger partial charge in [-0.15, -0.1) is 0 Å². The van der Waals surface area contributed by atoms with E-state index in [4.69, 9.17) is 4.74 Å². The van der Waals surface area contributed by atoms with E-state index in [2.05, 4.69) is 26.3 Å². The minimum absolute atomic E-state index is 0.251. The Kier molecular flexibility index (Phi) is 4.26. The van der Waals surface area contributed by atoms with Gasteiger partial charge in [-0.05, 0) is 25.5 Å². The molecular formula is C17H19FN4O2S. The van der Waals surface area contributed by atoms with Gasteiger partial charge >= 0.3 is 0 Å². The van der Waals surface area contributed by atoms with Gasteiger partial charge in [0.05, 0.1) is 17.2 Å². The van der Waals surface area contributed by atoms with Crippen LogP contribution in [0.4, 0.5) is 9.52 Å². The molecule has 0 aliphatic carbocycles. The number of aromatic nitrogens is 2. The first-order valence-corrected chi connectivity index (χ1v) is 9.11. The van der Waals surface area contributed by atoms with E-state index in [1.807, 2.05) is 6.07 Å². The molecule has 1 atom stereocenters. The molecule has 0 saturated carbocycles. The summed E-state index contributed by atoms with van der Waals surface area (Å²) in [4.78, 5) is 22.2. The number of thiazole rings is 1. The number of hydrogen-bond acceptors (Lipinski definition) is 6. The third kappa shape index (κ3) is 3.17. The number of pyridine rings is 1. The molecule has 4 rings (SSSR count). The molecule has 1 unspecified atom stereocenters. The summed E-state index contributed by atoms with van der Waals surface area (Å²) < 4.78 is 20.2.